The van der Waals surface area contributed by atoms with E-state index >= 15 is 0 Å². The van der Waals surface area contributed by atoms with Crippen LogP contribution in [0.15, 0.2) is 32.9 Å². The molecule has 130 valence electrons. The highest BCUT2D eigenvalue weighted by atomic mass is 32.2. The number of carbonyl (C=O) groups excluding carboxylic acids is 1. The molecular weight excluding hydrogens is 348 g/mol. The molecule has 0 aromatic carbocycles. The Bertz CT molecular complexity index is 832. The van der Waals surface area contributed by atoms with Gasteiger partial charge in [0.05, 0.1) is 6.04 Å². The maximum absolute atomic E-state index is 12.7. The van der Waals surface area contributed by atoms with Gasteiger partial charge in [-0.25, -0.2) is 8.42 Å². The first-order valence-corrected chi connectivity index (χ1v) is 10.2. The summed E-state index contributed by atoms with van der Waals surface area (Å²) in [5.74, 6) is 1.00. The Morgan fingerprint density at radius 2 is 2.00 bits per heavy atom. The van der Waals surface area contributed by atoms with E-state index in [1.807, 2.05) is 13.0 Å². The van der Waals surface area contributed by atoms with Crippen LogP contribution in [0.5, 0.6) is 0 Å². The average molecular weight is 368 g/mol. The van der Waals surface area contributed by atoms with Crippen molar-refractivity contribution in [1.82, 2.24) is 9.62 Å². The van der Waals surface area contributed by atoms with Gasteiger partial charge in [0, 0.05) is 13.1 Å². The number of hydrogen-bond donors (Lipinski definition) is 1. The Morgan fingerprint density at radius 1 is 1.29 bits per heavy atom. The molecule has 1 aliphatic rings. The molecule has 1 atom stereocenters. The lowest BCUT2D eigenvalue weighted by atomic mass is 10.2. The van der Waals surface area contributed by atoms with E-state index in [-0.39, 0.29) is 15.8 Å². The zero-order chi connectivity index (χ0) is 17.3. The summed E-state index contributed by atoms with van der Waals surface area (Å²) in [6.45, 7) is 4.67. The summed E-state index contributed by atoms with van der Waals surface area (Å²) in [6.07, 6.45) is 1.72. The SMILES string of the molecule is Cc1ccc(C(C)NC(=O)c2sccc2S(=O)(=O)N2CCCC2)o1. The van der Waals surface area contributed by atoms with E-state index in [4.69, 9.17) is 4.42 Å². The van der Waals surface area contributed by atoms with Gasteiger partial charge in [-0.3, -0.25) is 4.79 Å². The van der Waals surface area contributed by atoms with Gasteiger partial charge in [-0.1, -0.05) is 0 Å². The van der Waals surface area contributed by atoms with Crippen LogP contribution < -0.4 is 5.32 Å². The fourth-order valence-corrected chi connectivity index (χ4v) is 5.57. The van der Waals surface area contributed by atoms with Crippen LogP contribution in [-0.2, 0) is 10.0 Å². The van der Waals surface area contributed by atoms with Gasteiger partial charge >= 0.3 is 0 Å². The standard InChI is InChI=1S/C16H20N2O4S2/c1-11-5-6-13(22-11)12(2)17-16(19)15-14(7-10-23-15)24(20,21)18-8-3-4-9-18/h5-7,10,12H,3-4,8-9H2,1-2H3,(H,17,19). The second kappa shape index (κ2) is 6.70. The fourth-order valence-electron chi connectivity index (χ4n) is 2.75. The predicted octanol–water partition coefficient (Wildman–Crippen LogP) is 2.93. The highest BCUT2D eigenvalue weighted by Crippen LogP contribution is 2.28. The lowest BCUT2D eigenvalue weighted by Crippen LogP contribution is -2.31. The first kappa shape index (κ1) is 17.2. The number of amides is 1. The van der Waals surface area contributed by atoms with Gasteiger partial charge in [-0.2, -0.15) is 4.31 Å². The van der Waals surface area contributed by atoms with Gasteiger partial charge in [0.25, 0.3) is 5.91 Å². The summed E-state index contributed by atoms with van der Waals surface area (Å²) in [7, 11) is -3.61. The molecule has 0 aliphatic carbocycles. The van der Waals surface area contributed by atoms with Crippen molar-refractivity contribution < 1.29 is 17.6 Å². The molecule has 1 fully saturated rings. The van der Waals surface area contributed by atoms with Crippen molar-refractivity contribution in [3.05, 3.63) is 40.0 Å². The van der Waals surface area contributed by atoms with Crippen molar-refractivity contribution >= 4 is 27.3 Å². The number of furan rings is 1. The summed E-state index contributed by atoms with van der Waals surface area (Å²) < 4.78 is 32.4. The number of thiophene rings is 1. The summed E-state index contributed by atoms with van der Waals surface area (Å²) in [5, 5.41) is 4.45. The maximum Gasteiger partial charge on any atom is 0.263 e. The number of rotatable bonds is 5. The van der Waals surface area contributed by atoms with Crippen LogP contribution in [0.1, 0.15) is 47.0 Å². The zero-order valence-corrected chi connectivity index (χ0v) is 15.2. The van der Waals surface area contributed by atoms with Gasteiger partial charge in [-0.05, 0) is 50.3 Å². The van der Waals surface area contributed by atoms with E-state index in [9.17, 15) is 13.2 Å². The second-order valence-corrected chi connectivity index (χ2v) is 8.69. The lowest BCUT2D eigenvalue weighted by Gasteiger charge is -2.16. The van der Waals surface area contributed by atoms with Gasteiger partial charge in [0.15, 0.2) is 0 Å². The maximum atomic E-state index is 12.7. The number of nitrogens with one attached hydrogen (secondary N) is 1. The second-order valence-electron chi connectivity index (χ2n) is 5.87. The van der Waals surface area contributed by atoms with Gasteiger partial charge in [-0.15, -0.1) is 11.3 Å². The topological polar surface area (TPSA) is 79.6 Å². The third-order valence-electron chi connectivity index (χ3n) is 4.05. The Hall–Kier alpha value is -1.64. The summed E-state index contributed by atoms with van der Waals surface area (Å²) >= 11 is 1.14. The molecule has 1 saturated heterocycles. The van der Waals surface area contributed by atoms with Gasteiger partial charge in [0.2, 0.25) is 10.0 Å². The molecule has 3 rings (SSSR count). The van der Waals surface area contributed by atoms with Crippen molar-refractivity contribution in [3.8, 4) is 0 Å². The lowest BCUT2D eigenvalue weighted by molar-refractivity contribution is 0.0936. The van der Waals surface area contributed by atoms with Crippen LogP contribution in [0.25, 0.3) is 0 Å². The Balaban J connectivity index is 1.80. The van der Waals surface area contributed by atoms with Crippen LogP contribution in [0.4, 0.5) is 0 Å². The third kappa shape index (κ3) is 3.26. The number of sulfonamides is 1. The quantitative estimate of drug-likeness (QED) is 0.880. The molecule has 24 heavy (non-hydrogen) atoms. The van der Waals surface area contributed by atoms with Crippen LogP contribution in [-0.4, -0.2) is 31.7 Å². The number of aryl methyl sites for hydroxylation is 1. The smallest absolute Gasteiger partial charge is 0.263 e. The van der Waals surface area contributed by atoms with Crippen molar-refractivity contribution in [2.75, 3.05) is 13.1 Å². The van der Waals surface area contributed by atoms with Crippen LogP contribution >= 0.6 is 11.3 Å². The van der Waals surface area contributed by atoms with Crippen molar-refractivity contribution in [2.45, 2.75) is 37.6 Å². The minimum Gasteiger partial charge on any atom is -0.464 e. The highest BCUT2D eigenvalue weighted by molar-refractivity contribution is 7.89. The number of nitrogens with zero attached hydrogens (tertiary/aromatic N) is 1. The molecule has 2 aromatic rings. The molecular formula is C16H20N2O4S2. The van der Waals surface area contributed by atoms with Crippen LogP contribution in [0.2, 0.25) is 0 Å². The summed E-state index contributed by atoms with van der Waals surface area (Å²) in [6, 6.07) is 4.80. The largest absolute Gasteiger partial charge is 0.464 e. The normalized spacial score (nSPS) is 17.1. The van der Waals surface area contributed by atoms with Crippen LogP contribution in [0, 0.1) is 6.92 Å². The Morgan fingerprint density at radius 3 is 2.62 bits per heavy atom. The molecule has 8 heteroatoms. The minimum atomic E-state index is -3.61. The Kier molecular flexibility index (Phi) is 4.80. The molecule has 0 spiro atoms. The molecule has 2 aromatic heterocycles. The van der Waals surface area contributed by atoms with Crippen molar-refractivity contribution in [3.63, 3.8) is 0 Å². The van der Waals surface area contributed by atoms with E-state index < -0.39 is 15.9 Å². The highest BCUT2D eigenvalue weighted by Gasteiger charge is 2.32. The molecule has 1 amide bonds. The molecule has 6 nitrogen and oxygen atoms in total. The zero-order valence-electron chi connectivity index (χ0n) is 13.6. The first-order chi connectivity index (χ1) is 11.4. The Labute approximate surface area is 145 Å². The van der Waals surface area contributed by atoms with E-state index in [1.165, 1.54) is 10.4 Å². The average Bonchev–Trinajstić information content (AvgIpc) is 3.28. The molecule has 1 N–H and O–H groups in total. The van der Waals surface area contributed by atoms with Crippen molar-refractivity contribution in [2.24, 2.45) is 0 Å². The van der Waals surface area contributed by atoms with E-state index in [1.54, 1.807) is 18.4 Å². The molecule has 0 bridgehead atoms. The van der Waals surface area contributed by atoms with E-state index in [0.717, 1.165) is 29.9 Å². The summed E-state index contributed by atoms with van der Waals surface area (Å²) in [4.78, 5) is 12.9. The monoisotopic (exact) mass is 368 g/mol. The van der Waals surface area contributed by atoms with Gasteiger partial charge in [0.1, 0.15) is 21.3 Å². The van der Waals surface area contributed by atoms with E-state index in [0.29, 0.717) is 18.8 Å². The molecule has 1 aliphatic heterocycles. The fraction of sp³-hybridized carbons (Fsp3) is 0.438. The molecule has 1 unspecified atom stereocenters. The van der Waals surface area contributed by atoms with Crippen molar-refractivity contribution in [1.29, 1.82) is 0 Å². The first-order valence-electron chi connectivity index (χ1n) is 7.84. The molecule has 3 heterocycles. The number of hydrogen-bond acceptors (Lipinski definition) is 5. The third-order valence-corrected chi connectivity index (χ3v) is 7.04. The molecule has 0 saturated carbocycles. The van der Waals surface area contributed by atoms with Gasteiger partial charge < -0.3 is 9.73 Å². The predicted molar refractivity (Wildman–Crippen MR) is 91.6 cm³/mol. The van der Waals surface area contributed by atoms with E-state index in [2.05, 4.69) is 5.32 Å². The molecule has 0 radical (unpaired) electrons. The number of carbonyl (C=O) groups is 1. The summed E-state index contributed by atoms with van der Waals surface area (Å²) in [5.41, 5.74) is 0. The van der Waals surface area contributed by atoms with Crippen LogP contribution in [0.3, 0.4) is 0 Å². The minimum absolute atomic E-state index is 0.0923.